The molecule has 0 N–H and O–H groups in total. The quantitative estimate of drug-likeness (QED) is 0.249. The Kier molecular flexibility index (Phi) is 163. The summed E-state index contributed by atoms with van der Waals surface area (Å²) in [5.41, 5.74) is 0. The van der Waals surface area contributed by atoms with E-state index in [4.69, 9.17) is 0 Å². The molecule has 0 radical (unpaired) electrons. The molecule has 0 saturated heterocycles. The molecule has 0 nitrogen and oxygen atoms in total. The van der Waals surface area contributed by atoms with Crippen LogP contribution < -0.4 is 75.4 Å². The molecule has 0 aliphatic rings. The third-order valence-corrected chi connectivity index (χ3v) is 0.417. The summed E-state index contributed by atoms with van der Waals surface area (Å²) >= 11 is 0. The van der Waals surface area contributed by atoms with Gasteiger partial charge in [0.1, 0.15) is 0 Å². The monoisotopic (exact) mass is 138 g/mol. The second-order valence-corrected chi connectivity index (χ2v) is 1.18. The Balaban J connectivity index is -0.0000000112. The van der Waals surface area contributed by atoms with Gasteiger partial charge in [-0.15, -0.1) is 0 Å². The fourth-order valence-corrected chi connectivity index (χ4v) is 0. The van der Waals surface area contributed by atoms with Crippen molar-refractivity contribution >= 4 is 0 Å². The van der Waals surface area contributed by atoms with Gasteiger partial charge in [0.2, 0.25) is 0 Å². The minimum atomic E-state index is 0. The van der Waals surface area contributed by atoms with E-state index in [1.807, 2.05) is 0 Å². The molecule has 12 heavy (non-hydrogen) atoms. The Morgan fingerprint density at radius 3 is 0.833 bits per heavy atom. The van der Waals surface area contributed by atoms with Gasteiger partial charge >= 0.3 is 75.4 Å². The van der Waals surface area contributed by atoms with E-state index < -0.39 is 0 Å². The van der Waals surface area contributed by atoms with Crippen LogP contribution in [-0.2, 0) is 0 Å². The zero-order valence-electron chi connectivity index (χ0n) is 9.40. The minimum Gasteiger partial charge on any atom is -0.382 e. The van der Waals surface area contributed by atoms with E-state index in [0.717, 1.165) is 12.8 Å². The van der Waals surface area contributed by atoms with E-state index in [1.165, 1.54) is 0 Å². The number of hydrogen-bond acceptors (Lipinski definition) is 0. The molecule has 0 aromatic rings. The summed E-state index contributed by atoms with van der Waals surface area (Å²) in [5, 5.41) is 0. The largest absolute Gasteiger partial charge is 1.00 e. The van der Waals surface area contributed by atoms with Crippen LogP contribution in [0.15, 0.2) is 12.2 Å². The molecule has 0 aliphatic heterocycles. The normalized spacial score (nSPS) is 5.50. The maximum atomic E-state index is 3.54. The van der Waals surface area contributed by atoms with Gasteiger partial charge in [0, 0.05) is 0 Å². The molecule has 0 saturated carbocycles. The molecule has 0 aromatic carbocycles. The van der Waals surface area contributed by atoms with Gasteiger partial charge in [-0.25, -0.2) is 12.8 Å². The first-order valence-corrected chi connectivity index (χ1v) is 2.65. The van der Waals surface area contributed by atoms with E-state index >= 15 is 0 Å². The summed E-state index contributed by atoms with van der Waals surface area (Å²) in [6, 6.07) is 0. The summed E-state index contributed by atoms with van der Waals surface area (Å²) in [5.74, 6) is 0. The van der Waals surface area contributed by atoms with Gasteiger partial charge in [-0.1, -0.05) is 0 Å². The van der Waals surface area contributed by atoms with Crippen LogP contribution in [0.4, 0.5) is 0 Å². The van der Waals surface area contributed by atoms with Gasteiger partial charge in [0.05, 0.1) is 0 Å². The standard InChI is InChI=1S/C4H8.C4H6.4Li/c2*1-3-4-2;;;;/h1-4H2;3-4H,1-2H2;;;;/q2*-2;4*+1. The van der Waals surface area contributed by atoms with Crippen molar-refractivity contribution in [2.24, 2.45) is 0 Å². The molecule has 0 unspecified atom stereocenters. The zero-order valence-corrected chi connectivity index (χ0v) is 9.40. The molecule has 0 amide bonds. The smallest absolute Gasteiger partial charge is 0.382 e. The number of hydrogen-bond donors (Lipinski definition) is 0. The van der Waals surface area contributed by atoms with Crippen LogP contribution in [-0.4, -0.2) is 0 Å². The average Bonchev–Trinajstić information content (AvgIpc) is 1.88. The summed E-state index contributed by atoms with van der Waals surface area (Å²) in [7, 11) is 0. The molecule has 0 aromatic heterocycles. The van der Waals surface area contributed by atoms with Gasteiger partial charge < -0.3 is 39.8 Å². The first-order valence-electron chi connectivity index (χ1n) is 2.65. The maximum absolute atomic E-state index is 3.54. The molecule has 0 rings (SSSR count). The van der Waals surface area contributed by atoms with Crippen molar-refractivity contribution in [1.82, 2.24) is 0 Å². The van der Waals surface area contributed by atoms with Crippen LogP contribution in [0, 0.1) is 27.7 Å². The Morgan fingerprint density at radius 2 is 0.833 bits per heavy atom. The van der Waals surface area contributed by atoms with Crippen LogP contribution in [0.3, 0.4) is 0 Å². The van der Waals surface area contributed by atoms with Crippen molar-refractivity contribution in [2.45, 2.75) is 12.8 Å². The summed E-state index contributed by atoms with van der Waals surface area (Å²) in [6.07, 6.45) is 5.19. The third-order valence-electron chi connectivity index (χ3n) is 0.417. The molecule has 0 atom stereocenters. The molecule has 0 spiro atoms. The van der Waals surface area contributed by atoms with Gasteiger partial charge in [0.15, 0.2) is 0 Å². The van der Waals surface area contributed by atoms with Crippen molar-refractivity contribution in [3.05, 3.63) is 39.8 Å². The second-order valence-electron chi connectivity index (χ2n) is 1.18. The fraction of sp³-hybridized carbons (Fsp3) is 0.250. The van der Waals surface area contributed by atoms with E-state index in [9.17, 15) is 0 Å². The average molecular weight is 138 g/mol. The maximum Gasteiger partial charge on any atom is 1.00 e. The van der Waals surface area contributed by atoms with Crippen LogP contribution in [0.5, 0.6) is 0 Å². The van der Waals surface area contributed by atoms with Gasteiger partial charge in [-0.05, 0) is 0 Å². The topological polar surface area (TPSA) is 0 Å². The predicted molar refractivity (Wildman–Crippen MR) is 39.8 cm³/mol. The Labute approximate surface area is 127 Å². The molecule has 0 aliphatic carbocycles. The summed E-state index contributed by atoms with van der Waals surface area (Å²) in [6.45, 7) is 13.8. The van der Waals surface area contributed by atoms with Crippen molar-refractivity contribution in [1.29, 1.82) is 0 Å². The Morgan fingerprint density at radius 1 is 0.667 bits per heavy atom. The Bertz CT molecular complexity index is 40.3. The van der Waals surface area contributed by atoms with Crippen molar-refractivity contribution < 1.29 is 75.4 Å². The zero-order chi connectivity index (χ0) is 6.83. The minimum absolute atomic E-state index is 0. The van der Waals surface area contributed by atoms with Crippen LogP contribution in [0.2, 0.25) is 0 Å². The van der Waals surface area contributed by atoms with Gasteiger partial charge in [0.25, 0.3) is 0 Å². The molecule has 0 fully saturated rings. The van der Waals surface area contributed by atoms with E-state index in [1.54, 1.807) is 12.2 Å². The molecule has 0 bridgehead atoms. The van der Waals surface area contributed by atoms with Crippen molar-refractivity contribution in [3.8, 4) is 0 Å². The SMILES string of the molecule is [CH2-]C=C[CH2-].[CH2-]CC[CH2-].[Li+].[Li+].[Li+].[Li+]. The Hall–Kier alpha value is 1.87. The molecule has 0 heterocycles. The van der Waals surface area contributed by atoms with E-state index in [2.05, 4.69) is 27.7 Å². The molecular formula is C8H14Li4. The second kappa shape index (κ2) is 52.6. The van der Waals surface area contributed by atoms with Crippen LogP contribution in [0.1, 0.15) is 12.8 Å². The first kappa shape index (κ1) is 37.1. The van der Waals surface area contributed by atoms with Crippen molar-refractivity contribution in [3.63, 3.8) is 0 Å². The van der Waals surface area contributed by atoms with Crippen LogP contribution >= 0.6 is 0 Å². The fourth-order valence-electron chi connectivity index (χ4n) is 0. The number of allylic oxidation sites excluding steroid dienone is 2. The van der Waals surface area contributed by atoms with Crippen molar-refractivity contribution in [2.75, 3.05) is 0 Å². The van der Waals surface area contributed by atoms with E-state index in [-0.39, 0.29) is 75.4 Å². The molecule has 4 heteroatoms. The third kappa shape index (κ3) is 93.7. The van der Waals surface area contributed by atoms with Gasteiger partial charge in [-0.2, -0.15) is 0 Å². The van der Waals surface area contributed by atoms with Crippen LogP contribution in [0.25, 0.3) is 0 Å². The molecular weight excluding hydrogens is 124 g/mol. The van der Waals surface area contributed by atoms with E-state index in [0.29, 0.717) is 0 Å². The number of rotatable bonds is 1. The first-order chi connectivity index (χ1) is 3.83. The summed E-state index contributed by atoms with van der Waals surface area (Å²) in [4.78, 5) is 0. The summed E-state index contributed by atoms with van der Waals surface area (Å²) < 4.78 is 0. The van der Waals surface area contributed by atoms with Gasteiger partial charge in [-0.3, -0.25) is 0 Å². The predicted octanol–water partition coefficient (Wildman–Crippen LogP) is -9.34. The molecule has 50 valence electrons. The number of unbranched alkanes of at least 4 members (excludes halogenated alkanes) is 1.